The number of hydrogen-bond donors (Lipinski definition) is 0. The van der Waals surface area contributed by atoms with E-state index in [1.165, 1.54) is 6.42 Å². The maximum Gasteiger partial charge on any atom is 0.193 e. The third-order valence-electron chi connectivity index (χ3n) is 5.79. The molecule has 0 bridgehead atoms. The van der Waals surface area contributed by atoms with E-state index in [9.17, 15) is 0 Å². The van der Waals surface area contributed by atoms with E-state index >= 15 is 0 Å². The van der Waals surface area contributed by atoms with Crippen molar-refractivity contribution in [1.29, 1.82) is 0 Å². The molecule has 3 aliphatic rings. The highest BCUT2D eigenvalue weighted by atomic mass is 28.4. The molecule has 3 rings (SSSR count). The van der Waals surface area contributed by atoms with Crippen LogP contribution in [0.1, 0.15) is 39.0 Å². The first-order chi connectivity index (χ1) is 14.8. The van der Waals surface area contributed by atoms with E-state index in [4.69, 9.17) is 32.8 Å². The smallest absolute Gasteiger partial charge is 0.193 e. The molecule has 0 spiro atoms. The molecule has 0 radical (unpaired) electrons. The summed E-state index contributed by atoms with van der Waals surface area (Å²) < 4.78 is 39.8. The van der Waals surface area contributed by atoms with Crippen LogP contribution < -0.4 is 0 Å². The standard InChI is InChI=1S/C22H42O7Si/c1-2-3-10-29-30(11-4-7-23-14-20-17-26-20,12-5-8-24-15-21-18-27-21)13-6-9-25-16-22-19-28-22/h20-22H,2-19H2,1H3. The second-order valence-electron chi connectivity index (χ2n) is 8.79. The highest BCUT2D eigenvalue weighted by molar-refractivity contribution is 6.73. The van der Waals surface area contributed by atoms with E-state index in [1.807, 2.05) is 0 Å². The molecule has 8 heteroatoms. The average Bonchev–Trinajstić information content (AvgIpc) is 3.59. The van der Waals surface area contributed by atoms with Crippen molar-refractivity contribution in [2.45, 2.75) is 75.5 Å². The molecule has 3 fully saturated rings. The van der Waals surface area contributed by atoms with Crippen molar-refractivity contribution >= 4 is 8.32 Å². The SMILES string of the molecule is CCCCO[Si](CCCOCC1CO1)(CCCOCC1CO1)CCCOCC1CO1. The minimum absolute atomic E-state index is 0.341. The van der Waals surface area contributed by atoms with Gasteiger partial charge in [0, 0.05) is 26.4 Å². The molecule has 3 heterocycles. The Labute approximate surface area is 183 Å². The highest BCUT2D eigenvalue weighted by Gasteiger charge is 2.34. The summed E-state index contributed by atoms with van der Waals surface area (Å²) in [5, 5.41) is 0. The van der Waals surface area contributed by atoms with Gasteiger partial charge in [-0.3, -0.25) is 0 Å². The summed E-state index contributed by atoms with van der Waals surface area (Å²) in [5.41, 5.74) is 0. The summed E-state index contributed by atoms with van der Waals surface area (Å²) in [6.45, 7) is 10.3. The zero-order chi connectivity index (χ0) is 20.9. The van der Waals surface area contributed by atoms with Crippen LogP contribution in [0.4, 0.5) is 0 Å². The Bertz CT molecular complexity index is 386. The highest BCUT2D eigenvalue weighted by Crippen LogP contribution is 2.29. The van der Waals surface area contributed by atoms with Crippen LogP contribution >= 0.6 is 0 Å². The third kappa shape index (κ3) is 11.5. The Morgan fingerprint density at radius 1 is 0.633 bits per heavy atom. The molecule has 0 aromatic heterocycles. The number of epoxide rings is 3. The van der Waals surface area contributed by atoms with Gasteiger partial charge >= 0.3 is 0 Å². The summed E-state index contributed by atoms with van der Waals surface area (Å²) in [6.07, 6.45) is 6.53. The quantitative estimate of drug-likeness (QED) is 0.144. The lowest BCUT2D eigenvalue weighted by molar-refractivity contribution is 0.112. The van der Waals surface area contributed by atoms with Crippen LogP contribution in [0, 0.1) is 0 Å². The summed E-state index contributed by atoms with van der Waals surface area (Å²) in [4.78, 5) is 0. The first-order valence-electron chi connectivity index (χ1n) is 12.0. The lowest BCUT2D eigenvalue weighted by Crippen LogP contribution is -2.39. The molecule has 0 aromatic carbocycles. The van der Waals surface area contributed by atoms with E-state index < -0.39 is 8.32 Å². The van der Waals surface area contributed by atoms with Crippen LogP contribution in [0.15, 0.2) is 0 Å². The second-order valence-corrected chi connectivity index (χ2v) is 12.9. The normalized spacial score (nSPS) is 26.5. The molecular formula is C22H42O7Si. The predicted molar refractivity (Wildman–Crippen MR) is 117 cm³/mol. The second kappa shape index (κ2) is 14.2. The summed E-state index contributed by atoms with van der Waals surface area (Å²) in [6, 6.07) is 3.46. The molecule has 0 saturated carbocycles. The Kier molecular flexibility index (Phi) is 11.6. The van der Waals surface area contributed by atoms with Crippen molar-refractivity contribution in [3.8, 4) is 0 Å². The molecule has 3 unspecified atom stereocenters. The number of ether oxygens (including phenoxy) is 6. The fourth-order valence-corrected chi connectivity index (χ4v) is 7.78. The molecule has 7 nitrogen and oxygen atoms in total. The van der Waals surface area contributed by atoms with Gasteiger partial charge in [0.1, 0.15) is 18.3 Å². The lowest BCUT2D eigenvalue weighted by Gasteiger charge is -2.32. The van der Waals surface area contributed by atoms with Crippen molar-refractivity contribution in [1.82, 2.24) is 0 Å². The number of hydrogen-bond acceptors (Lipinski definition) is 7. The predicted octanol–water partition coefficient (Wildman–Crippen LogP) is 3.17. The van der Waals surface area contributed by atoms with Crippen LogP contribution in [-0.4, -0.2) is 92.7 Å². The third-order valence-corrected chi connectivity index (χ3v) is 10.4. The summed E-state index contributed by atoms with van der Waals surface area (Å²) >= 11 is 0. The van der Waals surface area contributed by atoms with E-state index in [2.05, 4.69) is 6.92 Å². The van der Waals surface area contributed by atoms with Crippen molar-refractivity contribution in [2.75, 3.05) is 66.1 Å². The molecule has 0 aliphatic carbocycles. The van der Waals surface area contributed by atoms with E-state index in [0.717, 1.165) is 110 Å². The van der Waals surface area contributed by atoms with Gasteiger partial charge in [0.25, 0.3) is 0 Å². The monoisotopic (exact) mass is 446 g/mol. The molecule has 176 valence electrons. The van der Waals surface area contributed by atoms with E-state index in [0.29, 0.717) is 18.3 Å². The molecule has 0 amide bonds. The van der Waals surface area contributed by atoms with Gasteiger partial charge in [0.05, 0.1) is 39.6 Å². The van der Waals surface area contributed by atoms with Crippen molar-refractivity contribution in [3.05, 3.63) is 0 Å². The number of unbranched alkanes of at least 4 members (excludes halogenated alkanes) is 1. The zero-order valence-electron chi connectivity index (χ0n) is 18.8. The Balaban J connectivity index is 1.40. The van der Waals surface area contributed by atoms with Crippen LogP contribution in [0.2, 0.25) is 18.1 Å². The Morgan fingerprint density at radius 3 is 1.37 bits per heavy atom. The maximum atomic E-state index is 6.69. The van der Waals surface area contributed by atoms with Gasteiger partial charge in [-0.15, -0.1) is 0 Å². The molecule has 0 N–H and O–H groups in total. The van der Waals surface area contributed by atoms with E-state index in [1.54, 1.807) is 0 Å². The Hall–Kier alpha value is -0.0631. The first-order valence-corrected chi connectivity index (χ1v) is 14.5. The van der Waals surface area contributed by atoms with Gasteiger partial charge in [-0.1, -0.05) is 13.3 Å². The summed E-state index contributed by atoms with van der Waals surface area (Å²) in [7, 11) is -1.85. The van der Waals surface area contributed by atoms with Gasteiger partial charge in [-0.25, -0.2) is 0 Å². The fourth-order valence-electron chi connectivity index (χ4n) is 3.65. The van der Waals surface area contributed by atoms with Gasteiger partial charge in [-0.2, -0.15) is 0 Å². The average molecular weight is 447 g/mol. The van der Waals surface area contributed by atoms with Crippen molar-refractivity contribution in [2.24, 2.45) is 0 Å². The molecule has 30 heavy (non-hydrogen) atoms. The lowest BCUT2D eigenvalue weighted by atomic mass is 10.4. The Morgan fingerprint density at radius 2 is 1.03 bits per heavy atom. The van der Waals surface area contributed by atoms with Crippen molar-refractivity contribution < 1.29 is 32.8 Å². The molecule has 0 aromatic rings. The fraction of sp³-hybridized carbons (Fsp3) is 1.00. The van der Waals surface area contributed by atoms with Gasteiger partial charge in [-0.05, 0) is 43.8 Å². The molecule has 3 aliphatic heterocycles. The largest absolute Gasteiger partial charge is 0.417 e. The minimum atomic E-state index is -1.85. The van der Waals surface area contributed by atoms with E-state index in [-0.39, 0.29) is 0 Å². The van der Waals surface area contributed by atoms with Crippen molar-refractivity contribution in [3.63, 3.8) is 0 Å². The molecule has 3 atom stereocenters. The van der Waals surface area contributed by atoms with Gasteiger partial charge < -0.3 is 32.8 Å². The number of rotatable bonds is 22. The maximum absolute atomic E-state index is 6.69. The minimum Gasteiger partial charge on any atom is -0.417 e. The molecular weight excluding hydrogens is 404 g/mol. The van der Waals surface area contributed by atoms with Gasteiger partial charge in [0.15, 0.2) is 8.32 Å². The zero-order valence-corrected chi connectivity index (χ0v) is 19.8. The van der Waals surface area contributed by atoms with Gasteiger partial charge in [0.2, 0.25) is 0 Å². The van der Waals surface area contributed by atoms with Crippen LogP contribution in [-0.2, 0) is 32.8 Å². The van der Waals surface area contributed by atoms with Crippen LogP contribution in [0.5, 0.6) is 0 Å². The van der Waals surface area contributed by atoms with Crippen LogP contribution in [0.3, 0.4) is 0 Å². The summed E-state index contributed by atoms with van der Waals surface area (Å²) in [5.74, 6) is 0. The molecule has 3 saturated heterocycles. The first kappa shape index (κ1) is 24.6. The topological polar surface area (TPSA) is 74.5 Å². The van der Waals surface area contributed by atoms with Crippen LogP contribution in [0.25, 0.3) is 0 Å².